The lowest BCUT2D eigenvalue weighted by molar-refractivity contribution is -0.144. The molecule has 27 heavy (non-hydrogen) atoms. The number of alkyl halides is 3. The molecule has 1 N–H and O–H groups in total. The Morgan fingerprint density at radius 3 is 2.26 bits per heavy atom. The van der Waals surface area contributed by atoms with E-state index in [0.29, 0.717) is 10.7 Å². The first-order chi connectivity index (χ1) is 12.2. The molecule has 2 aromatic rings. The van der Waals surface area contributed by atoms with Crippen molar-refractivity contribution in [3.8, 4) is 11.3 Å². The second kappa shape index (κ2) is 7.42. The monoisotopic (exact) mass is 443 g/mol. The van der Waals surface area contributed by atoms with E-state index in [4.69, 9.17) is 23.2 Å². The van der Waals surface area contributed by atoms with Crippen LogP contribution in [-0.4, -0.2) is 24.2 Å². The van der Waals surface area contributed by atoms with Crippen molar-refractivity contribution >= 4 is 33.2 Å². The first kappa shape index (κ1) is 21.7. The predicted octanol–water partition coefficient (Wildman–Crippen LogP) is 3.46. The van der Waals surface area contributed by atoms with Gasteiger partial charge in [-0.3, -0.25) is 9.48 Å². The van der Waals surface area contributed by atoms with Crippen molar-refractivity contribution in [2.75, 3.05) is 0 Å². The van der Waals surface area contributed by atoms with Gasteiger partial charge in [0.1, 0.15) is 16.3 Å². The summed E-state index contributed by atoms with van der Waals surface area (Å²) >= 11 is 12.0. The molecular formula is C15H14Cl2F3N3O3S. The number of aromatic nitrogens is 2. The van der Waals surface area contributed by atoms with Crippen LogP contribution in [0.15, 0.2) is 27.9 Å². The molecule has 0 aliphatic rings. The van der Waals surface area contributed by atoms with Crippen LogP contribution in [0.4, 0.5) is 13.2 Å². The fraction of sp³-hybridized carbons (Fsp3) is 0.333. The minimum atomic E-state index is -4.78. The molecule has 6 nitrogen and oxygen atoms in total. The fourth-order valence-electron chi connectivity index (χ4n) is 2.28. The van der Waals surface area contributed by atoms with Crippen molar-refractivity contribution in [1.29, 1.82) is 0 Å². The number of hydrogen-bond acceptors (Lipinski definition) is 4. The molecule has 0 aliphatic heterocycles. The topological polar surface area (TPSA) is 81.1 Å². The van der Waals surface area contributed by atoms with Crippen molar-refractivity contribution in [3.63, 3.8) is 0 Å². The van der Waals surface area contributed by atoms with E-state index in [1.165, 1.54) is 0 Å². The van der Waals surface area contributed by atoms with E-state index in [1.54, 1.807) is 13.8 Å². The molecule has 0 amide bonds. The third-order valence-electron chi connectivity index (χ3n) is 3.35. The highest BCUT2D eigenvalue weighted by atomic mass is 35.5. The van der Waals surface area contributed by atoms with Gasteiger partial charge in [-0.25, -0.2) is 13.1 Å². The lowest BCUT2D eigenvalue weighted by Crippen LogP contribution is -2.30. The Labute approximate surface area is 163 Å². The summed E-state index contributed by atoms with van der Waals surface area (Å²) < 4.78 is 66.3. The SMILES string of the molecule is CC(C)NS(=O)(=O)c1cc(-c2nn(C)c(C(F)(F)F)cc2=O)c(Cl)cc1Cl. The minimum Gasteiger partial charge on any atom is -0.287 e. The van der Waals surface area contributed by atoms with E-state index in [-0.39, 0.29) is 20.5 Å². The molecular weight excluding hydrogens is 430 g/mol. The van der Waals surface area contributed by atoms with Gasteiger partial charge in [0.2, 0.25) is 15.5 Å². The van der Waals surface area contributed by atoms with Crippen LogP contribution in [0.5, 0.6) is 0 Å². The third kappa shape index (κ3) is 4.63. The largest absolute Gasteiger partial charge is 0.433 e. The van der Waals surface area contributed by atoms with E-state index in [2.05, 4.69) is 9.82 Å². The zero-order valence-corrected chi connectivity index (χ0v) is 16.6. The summed E-state index contributed by atoms with van der Waals surface area (Å²) in [5, 5.41) is 3.29. The molecule has 0 saturated heterocycles. The molecule has 0 atom stereocenters. The average Bonchev–Trinajstić information content (AvgIpc) is 2.47. The van der Waals surface area contributed by atoms with Gasteiger partial charge in [0.05, 0.1) is 10.0 Å². The highest BCUT2D eigenvalue weighted by Crippen LogP contribution is 2.34. The molecule has 1 aromatic carbocycles. The molecule has 1 aromatic heterocycles. The summed E-state index contributed by atoms with van der Waals surface area (Å²) in [6.45, 7) is 3.19. The van der Waals surface area contributed by atoms with Crippen LogP contribution in [0.1, 0.15) is 19.5 Å². The van der Waals surface area contributed by atoms with Crippen LogP contribution in [0, 0.1) is 0 Å². The predicted molar refractivity (Wildman–Crippen MR) is 95.4 cm³/mol. The molecule has 0 spiro atoms. The molecule has 0 bridgehead atoms. The third-order valence-corrected chi connectivity index (χ3v) is 5.78. The number of sulfonamides is 1. The van der Waals surface area contributed by atoms with Crippen molar-refractivity contribution in [2.24, 2.45) is 7.05 Å². The lowest BCUT2D eigenvalue weighted by Gasteiger charge is -2.15. The van der Waals surface area contributed by atoms with Gasteiger partial charge in [-0.15, -0.1) is 0 Å². The normalized spacial score (nSPS) is 12.6. The molecule has 0 fully saturated rings. The maximum absolute atomic E-state index is 12.9. The number of hydrogen-bond donors (Lipinski definition) is 1. The standard InChI is InChI=1S/C15H14Cl2F3N3O3S/c1-7(2)22-27(25,26)12-4-8(9(16)5-10(12)17)14-11(24)6-13(15(18,19)20)23(3)21-14/h4-7,22H,1-3H3. The van der Waals surface area contributed by atoms with Gasteiger partial charge >= 0.3 is 6.18 Å². The number of nitrogens with zero attached hydrogens (tertiary/aromatic N) is 2. The molecule has 2 rings (SSSR count). The Morgan fingerprint density at radius 1 is 1.15 bits per heavy atom. The highest BCUT2D eigenvalue weighted by Gasteiger charge is 2.35. The quantitative estimate of drug-likeness (QED) is 0.784. The minimum absolute atomic E-state index is 0.132. The Balaban J connectivity index is 2.73. The highest BCUT2D eigenvalue weighted by molar-refractivity contribution is 7.89. The number of rotatable bonds is 4. The Kier molecular flexibility index (Phi) is 5.96. The van der Waals surface area contributed by atoms with Gasteiger partial charge in [0.25, 0.3) is 0 Å². The maximum Gasteiger partial charge on any atom is 0.433 e. The van der Waals surface area contributed by atoms with E-state index in [9.17, 15) is 26.4 Å². The summed E-state index contributed by atoms with van der Waals surface area (Å²) in [6, 6.07) is 2.02. The molecule has 148 valence electrons. The van der Waals surface area contributed by atoms with Gasteiger partial charge in [-0.2, -0.15) is 18.3 Å². The van der Waals surface area contributed by atoms with E-state index < -0.39 is 39.1 Å². The molecule has 0 saturated carbocycles. The van der Waals surface area contributed by atoms with Gasteiger partial charge in [0.15, 0.2) is 0 Å². The molecule has 0 unspecified atom stereocenters. The summed E-state index contributed by atoms with van der Waals surface area (Å²) in [7, 11) is -3.04. The van der Waals surface area contributed by atoms with Crippen LogP contribution < -0.4 is 10.2 Å². The lowest BCUT2D eigenvalue weighted by atomic mass is 10.1. The van der Waals surface area contributed by atoms with Gasteiger partial charge in [-0.05, 0) is 26.0 Å². The number of benzene rings is 1. The van der Waals surface area contributed by atoms with Crippen molar-refractivity contribution in [2.45, 2.75) is 31.0 Å². The number of nitrogens with one attached hydrogen (secondary N) is 1. The second-order valence-corrected chi connectivity index (χ2v) is 8.40. The molecule has 12 heteroatoms. The number of aryl methyl sites for hydroxylation is 1. The zero-order chi connectivity index (χ0) is 20.7. The molecule has 0 radical (unpaired) electrons. The summed E-state index contributed by atoms with van der Waals surface area (Å²) in [5.41, 5.74) is -2.91. The van der Waals surface area contributed by atoms with Crippen LogP contribution in [0.25, 0.3) is 11.3 Å². The fourth-order valence-corrected chi connectivity index (χ4v) is 4.39. The van der Waals surface area contributed by atoms with E-state index in [1.807, 2.05) is 0 Å². The van der Waals surface area contributed by atoms with Gasteiger partial charge in [-0.1, -0.05) is 23.2 Å². The van der Waals surface area contributed by atoms with Crippen molar-refractivity contribution in [3.05, 3.63) is 44.2 Å². The van der Waals surface area contributed by atoms with E-state index >= 15 is 0 Å². The van der Waals surface area contributed by atoms with E-state index in [0.717, 1.165) is 19.2 Å². The molecule has 0 aliphatic carbocycles. The smallest absolute Gasteiger partial charge is 0.287 e. The van der Waals surface area contributed by atoms with Gasteiger partial charge < -0.3 is 0 Å². The summed E-state index contributed by atoms with van der Waals surface area (Å²) in [4.78, 5) is 11.8. The Morgan fingerprint density at radius 2 is 1.74 bits per heavy atom. The van der Waals surface area contributed by atoms with Crippen molar-refractivity contribution in [1.82, 2.24) is 14.5 Å². The average molecular weight is 444 g/mol. The van der Waals surface area contributed by atoms with Gasteiger partial charge in [0, 0.05) is 24.7 Å². The van der Waals surface area contributed by atoms with Crippen LogP contribution >= 0.6 is 23.2 Å². The van der Waals surface area contributed by atoms with Crippen molar-refractivity contribution < 1.29 is 21.6 Å². The first-order valence-electron chi connectivity index (χ1n) is 7.41. The Bertz CT molecular complexity index is 1050. The van der Waals surface area contributed by atoms with Crippen LogP contribution in [-0.2, 0) is 23.2 Å². The Hall–Kier alpha value is -1.62. The zero-order valence-electron chi connectivity index (χ0n) is 14.2. The first-order valence-corrected chi connectivity index (χ1v) is 9.65. The maximum atomic E-state index is 12.9. The summed E-state index contributed by atoms with van der Waals surface area (Å²) in [6.07, 6.45) is -4.78. The molecule has 1 heterocycles. The number of halogens is 5. The van der Waals surface area contributed by atoms with Crippen LogP contribution in [0.2, 0.25) is 10.0 Å². The second-order valence-electron chi connectivity index (χ2n) is 5.90. The van der Waals surface area contributed by atoms with Crippen LogP contribution in [0.3, 0.4) is 0 Å². The summed E-state index contributed by atoms with van der Waals surface area (Å²) in [5.74, 6) is 0.